The zero-order chi connectivity index (χ0) is 17.6. The predicted molar refractivity (Wildman–Crippen MR) is 96.3 cm³/mol. The number of fused-ring (bicyclic) bond motifs is 3. The van der Waals surface area contributed by atoms with Crippen molar-refractivity contribution in [3.63, 3.8) is 0 Å². The Balaban J connectivity index is 1.25. The lowest BCUT2D eigenvalue weighted by Crippen LogP contribution is -2.46. The highest BCUT2D eigenvalue weighted by atomic mass is 16.2. The maximum Gasteiger partial charge on any atom is 0.317 e. The van der Waals surface area contributed by atoms with E-state index in [1.165, 1.54) is 11.1 Å². The summed E-state index contributed by atoms with van der Waals surface area (Å²) < 4.78 is 0. The first kappa shape index (κ1) is 16.4. The fourth-order valence-electron chi connectivity index (χ4n) is 4.55. The van der Waals surface area contributed by atoms with Gasteiger partial charge in [-0.25, -0.2) is 4.79 Å². The number of carbonyl (C=O) groups excluding carboxylic acids is 2. The number of hydrogen-bond donors (Lipinski definition) is 1. The van der Waals surface area contributed by atoms with Crippen LogP contribution >= 0.6 is 0 Å². The first-order chi connectivity index (χ1) is 12.0. The molecule has 3 amide bonds. The van der Waals surface area contributed by atoms with Crippen LogP contribution in [0, 0.1) is 11.8 Å². The molecule has 1 saturated heterocycles. The third kappa shape index (κ3) is 3.12. The average molecular weight is 341 g/mol. The van der Waals surface area contributed by atoms with E-state index in [1.54, 1.807) is 19.0 Å². The molecule has 25 heavy (non-hydrogen) atoms. The average Bonchev–Trinajstić information content (AvgIpc) is 3.12. The topological polar surface area (TPSA) is 52.7 Å². The van der Waals surface area contributed by atoms with Gasteiger partial charge in [-0.2, -0.15) is 0 Å². The van der Waals surface area contributed by atoms with Crippen LogP contribution < -0.4 is 5.32 Å². The maximum atomic E-state index is 12.6. The maximum absolute atomic E-state index is 12.6. The summed E-state index contributed by atoms with van der Waals surface area (Å²) in [6, 6.07) is 9.00. The van der Waals surface area contributed by atoms with Crippen molar-refractivity contribution in [2.45, 2.75) is 37.6 Å². The molecule has 0 aromatic heterocycles. The molecule has 134 valence electrons. The summed E-state index contributed by atoms with van der Waals surface area (Å²) in [6.07, 6.45) is 3.55. The molecule has 1 N–H and O–H groups in total. The Kier molecular flexibility index (Phi) is 4.18. The van der Waals surface area contributed by atoms with Gasteiger partial charge in [0, 0.05) is 45.6 Å². The van der Waals surface area contributed by atoms with Crippen molar-refractivity contribution >= 4 is 11.9 Å². The van der Waals surface area contributed by atoms with Crippen LogP contribution in [0.25, 0.3) is 0 Å². The number of hydrogen-bond acceptors (Lipinski definition) is 2. The molecule has 0 unspecified atom stereocenters. The molecular formula is C20H27N3O2. The van der Waals surface area contributed by atoms with Gasteiger partial charge >= 0.3 is 6.03 Å². The molecule has 5 heteroatoms. The molecule has 1 aromatic carbocycles. The molecule has 0 radical (unpaired) electrons. The van der Waals surface area contributed by atoms with Gasteiger partial charge in [-0.05, 0) is 42.2 Å². The number of urea groups is 1. The van der Waals surface area contributed by atoms with E-state index in [9.17, 15) is 9.59 Å². The van der Waals surface area contributed by atoms with Crippen LogP contribution in [0.4, 0.5) is 4.79 Å². The van der Waals surface area contributed by atoms with E-state index in [1.807, 2.05) is 4.90 Å². The van der Waals surface area contributed by atoms with Crippen LogP contribution in [-0.2, 0) is 11.2 Å². The molecular weight excluding hydrogens is 314 g/mol. The van der Waals surface area contributed by atoms with Gasteiger partial charge in [0.15, 0.2) is 0 Å². The summed E-state index contributed by atoms with van der Waals surface area (Å²) in [5, 5.41) is 3.25. The van der Waals surface area contributed by atoms with Gasteiger partial charge in [-0.15, -0.1) is 0 Å². The quantitative estimate of drug-likeness (QED) is 0.916. The molecule has 2 fully saturated rings. The molecule has 0 bridgehead atoms. The Labute approximate surface area is 149 Å². The minimum atomic E-state index is 0.0780. The first-order valence-electron chi connectivity index (χ1n) is 9.38. The van der Waals surface area contributed by atoms with Crippen molar-refractivity contribution in [2.24, 2.45) is 11.8 Å². The number of carbonyl (C=O) groups is 2. The van der Waals surface area contributed by atoms with Gasteiger partial charge in [0.2, 0.25) is 5.91 Å². The Morgan fingerprint density at radius 1 is 1.20 bits per heavy atom. The molecule has 0 spiro atoms. The molecule has 1 aliphatic heterocycles. The lowest BCUT2D eigenvalue weighted by atomic mass is 9.93. The van der Waals surface area contributed by atoms with E-state index >= 15 is 0 Å². The second-order valence-electron chi connectivity index (χ2n) is 7.99. The van der Waals surface area contributed by atoms with Gasteiger partial charge in [-0.3, -0.25) is 4.79 Å². The normalized spacial score (nSPS) is 27.4. The number of nitrogens with zero attached hydrogens (tertiary/aromatic N) is 2. The Hall–Kier alpha value is -2.04. The molecule has 2 aliphatic carbocycles. The zero-order valence-corrected chi connectivity index (χ0v) is 15.1. The number of likely N-dealkylation sites (tertiary alicyclic amines) is 1. The summed E-state index contributed by atoms with van der Waals surface area (Å²) in [7, 11) is 3.60. The van der Waals surface area contributed by atoms with Gasteiger partial charge in [-0.1, -0.05) is 24.3 Å². The SMILES string of the molecule is CN(C)C(=O)CC1CCN(C(=O)N[C@@H]2[C@@H]3Cc4ccccc4[C@H]32)CC1. The second kappa shape index (κ2) is 6.36. The predicted octanol–water partition coefficient (Wildman–Crippen LogP) is 2.22. The van der Waals surface area contributed by atoms with E-state index in [2.05, 4.69) is 29.6 Å². The van der Waals surface area contributed by atoms with Gasteiger partial charge in [0.05, 0.1) is 0 Å². The highest BCUT2D eigenvalue weighted by Gasteiger charge is 2.56. The van der Waals surface area contributed by atoms with Crippen LogP contribution in [0.2, 0.25) is 0 Å². The van der Waals surface area contributed by atoms with E-state index in [4.69, 9.17) is 0 Å². The van der Waals surface area contributed by atoms with Crippen LogP contribution in [0.5, 0.6) is 0 Å². The smallest absolute Gasteiger partial charge is 0.317 e. The number of nitrogens with one attached hydrogen (secondary N) is 1. The van der Waals surface area contributed by atoms with E-state index in [0.29, 0.717) is 30.2 Å². The Morgan fingerprint density at radius 2 is 1.92 bits per heavy atom. The largest absolute Gasteiger partial charge is 0.349 e. The van der Waals surface area contributed by atoms with Crippen molar-refractivity contribution < 1.29 is 9.59 Å². The minimum Gasteiger partial charge on any atom is -0.349 e. The van der Waals surface area contributed by atoms with Crippen LogP contribution in [0.1, 0.15) is 36.3 Å². The van der Waals surface area contributed by atoms with Gasteiger partial charge in [0.1, 0.15) is 0 Å². The third-order valence-corrected chi connectivity index (χ3v) is 6.19. The summed E-state index contributed by atoms with van der Waals surface area (Å²) in [5.41, 5.74) is 2.88. The molecule has 3 atom stereocenters. The third-order valence-electron chi connectivity index (χ3n) is 6.19. The molecule has 1 heterocycles. The van der Waals surface area contributed by atoms with E-state index in [-0.39, 0.29) is 11.9 Å². The highest BCUT2D eigenvalue weighted by Crippen LogP contribution is 2.56. The van der Waals surface area contributed by atoms with Crippen LogP contribution in [0.3, 0.4) is 0 Å². The van der Waals surface area contributed by atoms with Gasteiger partial charge in [0.25, 0.3) is 0 Å². The minimum absolute atomic E-state index is 0.0780. The number of benzene rings is 1. The van der Waals surface area contributed by atoms with Crippen molar-refractivity contribution in [2.75, 3.05) is 27.2 Å². The van der Waals surface area contributed by atoms with E-state index < -0.39 is 0 Å². The highest BCUT2D eigenvalue weighted by molar-refractivity contribution is 5.77. The second-order valence-corrected chi connectivity index (χ2v) is 7.99. The van der Waals surface area contributed by atoms with E-state index in [0.717, 1.165) is 32.4 Å². The first-order valence-corrected chi connectivity index (χ1v) is 9.38. The van der Waals surface area contributed by atoms with Crippen LogP contribution in [-0.4, -0.2) is 55.0 Å². The molecule has 1 aromatic rings. The van der Waals surface area contributed by atoms with Crippen molar-refractivity contribution in [1.29, 1.82) is 0 Å². The number of amides is 3. The lowest BCUT2D eigenvalue weighted by Gasteiger charge is -2.32. The number of rotatable bonds is 3. The standard InChI is InChI=1S/C20H27N3O2/c1-22(2)17(24)11-13-7-9-23(10-8-13)20(25)21-19-16-12-14-5-3-4-6-15(14)18(16)19/h3-6,13,16,18-19H,7-12H2,1-2H3,(H,21,25)/t16-,18-,19-/m1/s1. The summed E-state index contributed by atoms with van der Waals surface area (Å²) in [6.45, 7) is 1.52. The zero-order valence-electron chi connectivity index (χ0n) is 15.1. The molecule has 4 rings (SSSR count). The van der Waals surface area contributed by atoms with Crippen molar-refractivity contribution in [3.8, 4) is 0 Å². The fraction of sp³-hybridized carbons (Fsp3) is 0.600. The Bertz CT molecular complexity index is 679. The summed E-state index contributed by atoms with van der Waals surface area (Å²) >= 11 is 0. The van der Waals surface area contributed by atoms with Crippen LogP contribution in [0.15, 0.2) is 24.3 Å². The lowest BCUT2D eigenvalue weighted by molar-refractivity contribution is -0.129. The van der Waals surface area contributed by atoms with Crippen molar-refractivity contribution in [3.05, 3.63) is 35.4 Å². The molecule has 5 nitrogen and oxygen atoms in total. The molecule has 1 saturated carbocycles. The summed E-state index contributed by atoms with van der Waals surface area (Å²) in [5.74, 6) is 1.71. The van der Waals surface area contributed by atoms with Crippen molar-refractivity contribution in [1.82, 2.24) is 15.1 Å². The number of piperidine rings is 1. The van der Waals surface area contributed by atoms with Gasteiger partial charge < -0.3 is 15.1 Å². The fourth-order valence-corrected chi connectivity index (χ4v) is 4.55. The molecule has 3 aliphatic rings. The summed E-state index contributed by atoms with van der Waals surface area (Å²) in [4.78, 5) is 28.0. The monoisotopic (exact) mass is 341 g/mol. The Morgan fingerprint density at radius 3 is 2.64 bits per heavy atom.